The van der Waals surface area contributed by atoms with E-state index in [-0.39, 0.29) is 23.9 Å². The number of aryl methyl sites for hydroxylation is 1. The Morgan fingerprint density at radius 3 is 2.32 bits per heavy atom. The summed E-state index contributed by atoms with van der Waals surface area (Å²) in [4.78, 5) is 34.6. The minimum Gasteiger partial charge on any atom is -0.339 e. The summed E-state index contributed by atoms with van der Waals surface area (Å²) in [6.45, 7) is 7.62. The Morgan fingerprint density at radius 1 is 0.829 bits per heavy atom. The van der Waals surface area contributed by atoms with Crippen LogP contribution in [0.5, 0.6) is 0 Å². The van der Waals surface area contributed by atoms with Crippen LogP contribution in [0.3, 0.4) is 0 Å². The number of benzene rings is 3. The molecule has 0 N–H and O–H groups in total. The van der Waals surface area contributed by atoms with E-state index in [1.807, 2.05) is 70.5 Å². The van der Waals surface area contributed by atoms with Crippen molar-refractivity contribution < 1.29 is 9.59 Å². The normalized spacial score (nSPS) is 19.2. The molecule has 3 heterocycles. The SMILES string of the molecule is Cc1ccccc1C1c2ccsc2CCN1CCC(=O)N1CCN(C(=O)c2ccc(-c3ccccc3)cc2)C(C)C1. The second-order valence-electron chi connectivity index (χ2n) is 11.2. The first kappa shape index (κ1) is 27.4. The standard InChI is InChI=1S/C35H37N3O2S/c1-25-8-6-7-11-30(25)34-31-18-23-41-32(31)16-19-36(34)20-17-33(39)37-21-22-38(26(2)24-37)35(40)29-14-12-28(13-15-29)27-9-4-3-5-10-27/h3-15,18,23,26,34H,16-17,19-22,24H2,1-2H3. The van der Waals surface area contributed by atoms with Crippen LogP contribution >= 0.6 is 11.3 Å². The Bertz CT molecular complexity index is 1510. The van der Waals surface area contributed by atoms with Gasteiger partial charge in [0.25, 0.3) is 5.91 Å². The topological polar surface area (TPSA) is 43.9 Å². The van der Waals surface area contributed by atoms with E-state index in [9.17, 15) is 9.59 Å². The molecule has 0 radical (unpaired) electrons. The summed E-state index contributed by atoms with van der Waals surface area (Å²) in [7, 11) is 0. The third-order valence-electron chi connectivity index (χ3n) is 8.64. The molecule has 2 amide bonds. The number of amides is 2. The van der Waals surface area contributed by atoms with Crippen LogP contribution in [0.15, 0.2) is 90.3 Å². The maximum Gasteiger partial charge on any atom is 0.254 e. The lowest BCUT2D eigenvalue weighted by Gasteiger charge is -2.41. The first-order valence-corrected chi connectivity index (χ1v) is 15.5. The largest absolute Gasteiger partial charge is 0.339 e. The summed E-state index contributed by atoms with van der Waals surface area (Å²) >= 11 is 1.85. The van der Waals surface area contributed by atoms with Gasteiger partial charge in [-0.1, -0.05) is 66.7 Å². The molecule has 2 atom stereocenters. The molecule has 5 nitrogen and oxygen atoms in total. The zero-order valence-corrected chi connectivity index (χ0v) is 24.6. The average molecular weight is 564 g/mol. The molecule has 0 spiro atoms. The van der Waals surface area contributed by atoms with Gasteiger partial charge in [0.1, 0.15) is 0 Å². The van der Waals surface area contributed by atoms with Crippen molar-refractivity contribution in [2.24, 2.45) is 0 Å². The predicted octanol–water partition coefficient (Wildman–Crippen LogP) is 6.43. The highest BCUT2D eigenvalue weighted by Crippen LogP contribution is 2.39. The molecule has 1 aromatic heterocycles. The Balaban J connectivity index is 1.07. The van der Waals surface area contributed by atoms with Gasteiger partial charge in [0.15, 0.2) is 0 Å². The molecule has 2 unspecified atom stereocenters. The van der Waals surface area contributed by atoms with E-state index in [0.29, 0.717) is 31.6 Å². The minimum absolute atomic E-state index is 0.0305. The van der Waals surface area contributed by atoms with Crippen LogP contribution in [0.2, 0.25) is 0 Å². The lowest BCUT2D eigenvalue weighted by atomic mass is 9.90. The van der Waals surface area contributed by atoms with Gasteiger partial charge in [-0.05, 0) is 71.7 Å². The zero-order chi connectivity index (χ0) is 28.3. The quantitative estimate of drug-likeness (QED) is 0.271. The number of carbonyl (C=O) groups excluding carboxylic acids is 2. The van der Waals surface area contributed by atoms with Crippen LogP contribution in [0.1, 0.15) is 51.3 Å². The molecule has 210 valence electrons. The smallest absolute Gasteiger partial charge is 0.254 e. The van der Waals surface area contributed by atoms with E-state index in [1.54, 1.807) is 0 Å². The van der Waals surface area contributed by atoms with Crippen molar-refractivity contribution in [1.82, 2.24) is 14.7 Å². The molecule has 2 aliphatic heterocycles. The number of fused-ring (bicyclic) bond motifs is 1. The monoisotopic (exact) mass is 563 g/mol. The molecule has 6 rings (SSSR count). The highest BCUT2D eigenvalue weighted by molar-refractivity contribution is 7.10. The Kier molecular flexibility index (Phi) is 8.04. The lowest BCUT2D eigenvalue weighted by Crippen LogP contribution is -2.55. The van der Waals surface area contributed by atoms with Gasteiger partial charge in [-0.25, -0.2) is 0 Å². The molecule has 0 aliphatic carbocycles. The minimum atomic E-state index is -0.0305. The van der Waals surface area contributed by atoms with Gasteiger partial charge in [0, 0.05) is 55.6 Å². The van der Waals surface area contributed by atoms with Gasteiger partial charge in [-0.2, -0.15) is 0 Å². The lowest BCUT2D eigenvalue weighted by molar-refractivity contribution is -0.134. The fourth-order valence-electron chi connectivity index (χ4n) is 6.35. The molecule has 41 heavy (non-hydrogen) atoms. The zero-order valence-electron chi connectivity index (χ0n) is 23.8. The summed E-state index contributed by atoms with van der Waals surface area (Å²) in [6.07, 6.45) is 1.52. The molecule has 4 aromatic rings. The van der Waals surface area contributed by atoms with E-state index < -0.39 is 0 Å². The van der Waals surface area contributed by atoms with E-state index >= 15 is 0 Å². The number of nitrogens with zero attached hydrogens (tertiary/aromatic N) is 3. The highest BCUT2D eigenvalue weighted by atomic mass is 32.1. The second kappa shape index (κ2) is 12.0. The van der Waals surface area contributed by atoms with Crippen molar-refractivity contribution in [3.05, 3.63) is 117 Å². The molecule has 1 fully saturated rings. The van der Waals surface area contributed by atoms with Crippen molar-refractivity contribution in [2.45, 2.75) is 38.8 Å². The highest BCUT2D eigenvalue weighted by Gasteiger charge is 2.33. The Labute approximate surface area is 247 Å². The molecule has 0 saturated carbocycles. The summed E-state index contributed by atoms with van der Waals surface area (Å²) < 4.78 is 0. The van der Waals surface area contributed by atoms with Gasteiger partial charge in [-0.15, -0.1) is 11.3 Å². The predicted molar refractivity (Wildman–Crippen MR) is 166 cm³/mol. The first-order valence-electron chi connectivity index (χ1n) is 14.6. The molecular weight excluding hydrogens is 526 g/mol. The number of carbonyl (C=O) groups is 2. The van der Waals surface area contributed by atoms with Crippen molar-refractivity contribution >= 4 is 23.2 Å². The van der Waals surface area contributed by atoms with Crippen molar-refractivity contribution in [3.8, 4) is 11.1 Å². The van der Waals surface area contributed by atoms with Gasteiger partial charge < -0.3 is 9.80 Å². The third-order valence-corrected chi connectivity index (χ3v) is 9.64. The summed E-state index contributed by atoms with van der Waals surface area (Å²) in [5.74, 6) is 0.209. The first-order chi connectivity index (χ1) is 20.0. The fraction of sp³-hybridized carbons (Fsp3) is 0.314. The number of thiophene rings is 1. The Hall–Kier alpha value is -3.74. The van der Waals surface area contributed by atoms with E-state index in [1.165, 1.54) is 21.6 Å². The van der Waals surface area contributed by atoms with Gasteiger partial charge in [0.2, 0.25) is 5.91 Å². The Morgan fingerprint density at radius 2 is 1.56 bits per heavy atom. The number of rotatable bonds is 6. The van der Waals surface area contributed by atoms with Crippen LogP contribution < -0.4 is 0 Å². The summed E-state index contributed by atoms with van der Waals surface area (Å²) in [6, 6.07) is 29.1. The van der Waals surface area contributed by atoms with Crippen molar-refractivity contribution in [3.63, 3.8) is 0 Å². The van der Waals surface area contributed by atoms with Crippen molar-refractivity contribution in [1.29, 1.82) is 0 Å². The van der Waals surface area contributed by atoms with Crippen LogP contribution in [0.25, 0.3) is 11.1 Å². The van der Waals surface area contributed by atoms with E-state index in [0.717, 1.165) is 30.6 Å². The van der Waals surface area contributed by atoms with E-state index in [4.69, 9.17) is 0 Å². The molecule has 3 aromatic carbocycles. The summed E-state index contributed by atoms with van der Waals surface area (Å²) in [5.41, 5.74) is 6.93. The van der Waals surface area contributed by atoms with Gasteiger partial charge in [0.05, 0.1) is 6.04 Å². The average Bonchev–Trinajstić information content (AvgIpc) is 3.49. The third kappa shape index (κ3) is 5.72. The van der Waals surface area contributed by atoms with Crippen molar-refractivity contribution in [2.75, 3.05) is 32.7 Å². The number of hydrogen-bond acceptors (Lipinski definition) is 4. The maximum atomic E-state index is 13.4. The van der Waals surface area contributed by atoms with Crippen LogP contribution in [-0.2, 0) is 11.2 Å². The van der Waals surface area contributed by atoms with Crippen LogP contribution in [0, 0.1) is 6.92 Å². The maximum absolute atomic E-state index is 13.4. The van der Waals surface area contributed by atoms with Crippen LogP contribution in [0.4, 0.5) is 0 Å². The van der Waals surface area contributed by atoms with Crippen LogP contribution in [-0.4, -0.2) is 65.3 Å². The number of piperazine rings is 1. The molecular formula is C35H37N3O2S. The van der Waals surface area contributed by atoms with Gasteiger partial charge >= 0.3 is 0 Å². The number of hydrogen-bond donors (Lipinski definition) is 0. The fourth-order valence-corrected chi connectivity index (χ4v) is 7.26. The molecule has 2 aliphatic rings. The molecule has 6 heteroatoms. The molecule has 1 saturated heterocycles. The molecule has 0 bridgehead atoms. The summed E-state index contributed by atoms with van der Waals surface area (Å²) in [5, 5.41) is 2.20. The van der Waals surface area contributed by atoms with Gasteiger partial charge in [-0.3, -0.25) is 14.5 Å². The van der Waals surface area contributed by atoms with E-state index in [2.05, 4.69) is 59.7 Å². The second-order valence-corrected chi connectivity index (χ2v) is 12.2.